The van der Waals surface area contributed by atoms with E-state index in [0.717, 1.165) is 6.42 Å². The standard InChI is InChI=1S/C19H23NO6S/c1-2-3-14-27(23,24)20-17-6-4-5-7-18(17)26-13-12-25-16-10-8-15(9-11-16)19(21)22/h4-11,20H,2-3,12-14H2,1H3,(H,21,22). The van der Waals surface area contributed by atoms with E-state index >= 15 is 0 Å². The third kappa shape index (κ3) is 6.82. The van der Waals surface area contributed by atoms with Crippen LogP contribution in [-0.2, 0) is 10.0 Å². The maximum atomic E-state index is 12.1. The fourth-order valence-electron chi connectivity index (χ4n) is 2.23. The number of carboxylic acids is 1. The summed E-state index contributed by atoms with van der Waals surface area (Å²) in [7, 11) is -3.41. The van der Waals surface area contributed by atoms with Crippen molar-refractivity contribution in [3.63, 3.8) is 0 Å². The van der Waals surface area contributed by atoms with Gasteiger partial charge in [-0.15, -0.1) is 0 Å². The summed E-state index contributed by atoms with van der Waals surface area (Å²) in [4.78, 5) is 10.8. The van der Waals surface area contributed by atoms with Gasteiger partial charge in [0.2, 0.25) is 10.0 Å². The van der Waals surface area contributed by atoms with Crippen molar-refractivity contribution in [3.8, 4) is 11.5 Å². The largest absolute Gasteiger partial charge is 0.490 e. The topological polar surface area (TPSA) is 102 Å². The van der Waals surface area contributed by atoms with Crippen molar-refractivity contribution in [1.29, 1.82) is 0 Å². The predicted octanol–water partition coefficient (Wildman–Crippen LogP) is 3.38. The number of para-hydroxylation sites is 2. The molecule has 0 heterocycles. The Bertz CT molecular complexity index is 849. The number of nitrogens with one attached hydrogen (secondary N) is 1. The highest BCUT2D eigenvalue weighted by atomic mass is 32.2. The van der Waals surface area contributed by atoms with Gasteiger partial charge in [0, 0.05) is 0 Å². The second kappa shape index (κ2) is 9.82. The highest BCUT2D eigenvalue weighted by Gasteiger charge is 2.13. The smallest absolute Gasteiger partial charge is 0.335 e. The van der Waals surface area contributed by atoms with Gasteiger partial charge in [-0.05, 0) is 42.8 Å². The number of aromatic carboxylic acids is 1. The molecule has 2 rings (SSSR count). The summed E-state index contributed by atoms with van der Waals surface area (Å²) in [6.07, 6.45) is 1.39. The summed E-state index contributed by atoms with van der Waals surface area (Å²) < 4.78 is 37.8. The van der Waals surface area contributed by atoms with E-state index in [2.05, 4.69) is 4.72 Å². The first-order valence-electron chi connectivity index (χ1n) is 8.60. The summed E-state index contributed by atoms with van der Waals surface area (Å²) in [6.45, 7) is 2.36. The molecule has 2 aromatic carbocycles. The molecule has 0 fully saturated rings. The van der Waals surface area contributed by atoms with Crippen LogP contribution in [0.25, 0.3) is 0 Å². The fraction of sp³-hybridized carbons (Fsp3) is 0.316. The fourth-order valence-corrected chi connectivity index (χ4v) is 3.51. The van der Waals surface area contributed by atoms with Crippen molar-refractivity contribution in [2.45, 2.75) is 19.8 Å². The van der Waals surface area contributed by atoms with Crippen molar-refractivity contribution >= 4 is 21.7 Å². The van der Waals surface area contributed by atoms with E-state index in [0.29, 0.717) is 23.6 Å². The minimum atomic E-state index is -3.41. The number of unbranched alkanes of at least 4 members (excludes halogenated alkanes) is 1. The van der Waals surface area contributed by atoms with Gasteiger partial charge in [0.25, 0.3) is 0 Å². The molecule has 146 valence electrons. The van der Waals surface area contributed by atoms with Crippen molar-refractivity contribution in [2.24, 2.45) is 0 Å². The number of hydrogen-bond donors (Lipinski definition) is 2. The Hall–Kier alpha value is -2.74. The number of rotatable bonds is 11. The molecule has 7 nitrogen and oxygen atoms in total. The molecule has 0 amide bonds. The molecule has 0 bridgehead atoms. The highest BCUT2D eigenvalue weighted by Crippen LogP contribution is 2.25. The van der Waals surface area contributed by atoms with Crippen molar-refractivity contribution in [3.05, 3.63) is 54.1 Å². The maximum absolute atomic E-state index is 12.1. The number of benzene rings is 2. The SMILES string of the molecule is CCCCS(=O)(=O)Nc1ccccc1OCCOc1ccc(C(=O)O)cc1. The lowest BCUT2D eigenvalue weighted by Crippen LogP contribution is -2.17. The molecular formula is C19H23NO6S. The van der Waals surface area contributed by atoms with Crippen LogP contribution in [0.3, 0.4) is 0 Å². The van der Waals surface area contributed by atoms with Gasteiger partial charge >= 0.3 is 5.97 Å². The first kappa shape index (κ1) is 20.6. The maximum Gasteiger partial charge on any atom is 0.335 e. The molecule has 0 radical (unpaired) electrons. The van der Waals surface area contributed by atoms with E-state index < -0.39 is 16.0 Å². The van der Waals surface area contributed by atoms with E-state index in [-0.39, 0.29) is 24.5 Å². The summed E-state index contributed by atoms with van der Waals surface area (Å²) in [5.41, 5.74) is 0.572. The Morgan fingerprint density at radius 3 is 2.37 bits per heavy atom. The molecule has 0 aliphatic rings. The Morgan fingerprint density at radius 2 is 1.70 bits per heavy atom. The van der Waals surface area contributed by atoms with E-state index in [1.165, 1.54) is 12.1 Å². The van der Waals surface area contributed by atoms with E-state index in [4.69, 9.17) is 14.6 Å². The lowest BCUT2D eigenvalue weighted by molar-refractivity contribution is 0.0697. The molecule has 0 unspecified atom stereocenters. The molecule has 8 heteroatoms. The van der Waals surface area contributed by atoms with Gasteiger partial charge in [-0.25, -0.2) is 13.2 Å². The summed E-state index contributed by atoms with van der Waals surface area (Å²) in [5, 5.41) is 8.86. The average molecular weight is 393 g/mol. The monoisotopic (exact) mass is 393 g/mol. The van der Waals surface area contributed by atoms with Crippen LogP contribution in [-0.4, -0.2) is 38.5 Å². The van der Waals surface area contributed by atoms with Gasteiger partial charge < -0.3 is 14.6 Å². The number of ether oxygens (including phenoxy) is 2. The molecular weight excluding hydrogens is 370 g/mol. The molecule has 0 aliphatic heterocycles. The summed E-state index contributed by atoms with van der Waals surface area (Å²) >= 11 is 0. The molecule has 0 atom stereocenters. The van der Waals surface area contributed by atoms with Gasteiger partial charge in [0.1, 0.15) is 24.7 Å². The first-order valence-corrected chi connectivity index (χ1v) is 10.2. The number of carboxylic acid groups (broad SMARTS) is 1. The average Bonchev–Trinajstić information content (AvgIpc) is 2.65. The van der Waals surface area contributed by atoms with Gasteiger partial charge in [-0.3, -0.25) is 4.72 Å². The molecule has 2 aromatic rings. The molecule has 0 saturated heterocycles. The third-order valence-corrected chi connectivity index (χ3v) is 4.99. The molecule has 0 aromatic heterocycles. The Morgan fingerprint density at radius 1 is 1.04 bits per heavy atom. The van der Waals surface area contributed by atoms with E-state index in [1.54, 1.807) is 36.4 Å². The Balaban J connectivity index is 1.88. The van der Waals surface area contributed by atoms with Crippen LogP contribution in [0.2, 0.25) is 0 Å². The van der Waals surface area contributed by atoms with Crippen molar-refractivity contribution in [2.75, 3.05) is 23.7 Å². The second-order valence-electron chi connectivity index (χ2n) is 5.80. The quantitative estimate of drug-likeness (QED) is 0.568. The molecule has 0 spiro atoms. The molecule has 2 N–H and O–H groups in total. The van der Waals surface area contributed by atoms with Gasteiger partial charge in [0.05, 0.1) is 17.0 Å². The van der Waals surface area contributed by atoms with Gasteiger partial charge in [-0.2, -0.15) is 0 Å². The van der Waals surface area contributed by atoms with Crippen LogP contribution < -0.4 is 14.2 Å². The third-order valence-electron chi connectivity index (χ3n) is 3.63. The van der Waals surface area contributed by atoms with Gasteiger partial charge in [-0.1, -0.05) is 25.5 Å². The van der Waals surface area contributed by atoms with Crippen LogP contribution in [0, 0.1) is 0 Å². The minimum absolute atomic E-state index is 0.0628. The second-order valence-corrected chi connectivity index (χ2v) is 7.64. The van der Waals surface area contributed by atoms with Crippen molar-refractivity contribution in [1.82, 2.24) is 0 Å². The number of anilines is 1. The Labute approximate surface area is 159 Å². The lowest BCUT2D eigenvalue weighted by Gasteiger charge is -2.14. The normalized spacial score (nSPS) is 11.0. The van der Waals surface area contributed by atoms with E-state index in [9.17, 15) is 13.2 Å². The number of carbonyl (C=O) groups is 1. The lowest BCUT2D eigenvalue weighted by atomic mass is 10.2. The molecule has 27 heavy (non-hydrogen) atoms. The molecule has 0 aliphatic carbocycles. The van der Waals surface area contributed by atoms with Crippen LogP contribution in [0.15, 0.2) is 48.5 Å². The number of hydrogen-bond acceptors (Lipinski definition) is 5. The minimum Gasteiger partial charge on any atom is -0.490 e. The van der Waals surface area contributed by atoms with Crippen LogP contribution in [0.1, 0.15) is 30.1 Å². The summed E-state index contributed by atoms with van der Waals surface area (Å²) in [6, 6.07) is 12.9. The summed E-state index contributed by atoms with van der Waals surface area (Å²) in [5.74, 6) is 0.00948. The van der Waals surface area contributed by atoms with Crippen LogP contribution >= 0.6 is 0 Å². The van der Waals surface area contributed by atoms with Crippen LogP contribution in [0.4, 0.5) is 5.69 Å². The van der Waals surface area contributed by atoms with Gasteiger partial charge in [0.15, 0.2) is 0 Å². The zero-order valence-electron chi connectivity index (χ0n) is 15.1. The highest BCUT2D eigenvalue weighted by molar-refractivity contribution is 7.92. The number of sulfonamides is 1. The van der Waals surface area contributed by atoms with Crippen molar-refractivity contribution < 1.29 is 27.8 Å². The first-order chi connectivity index (χ1) is 12.9. The van der Waals surface area contributed by atoms with E-state index in [1.807, 2.05) is 6.92 Å². The zero-order chi connectivity index (χ0) is 19.7. The van der Waals surface area contributed by atoms with Crippen LogP contribution in [0.5, 0.6) is 11.5 Å². The molecule has 0 saturated carbocycles. The predicted molar refractivity (Wildman–Crippen MR) is 103 cm³/mol. The zero-order valence-corrected chi connectivity index (χ0v) is 15.9. The Kier molecular flexibility index (Phi) is 7.48.